The Balaban J connectivity index is 2.27. The normalized spacial score (nSPS) is 12.4. The zero-order chi connectivity index (χ0) is 15.2. The molecule has 0 spiro atoms. The van der Waals surface area contributed by atoms with Crippen molar-refractivity contribution in [3.05, 3.63) is 47.3 Å². The van der Waals surface area contributed by atoms with Crippen LogP contribution < -0.4 is 10.1 Å². The first-order valence-electron chi connectivity index (χ1n) is 7.51. The van der Waals surface area contributed by atoms with E-state index >= 15 is 0 Å². The molecule has 1 atom stereocenters. The number of aryl methyl sites for hydroxylation is 2. The summed E-state index contributed by atoms with van der Waals surface area (Å²) in [5.74, 6) is 0.935. The maximum Gasteiger partial charge on any atom is 0.123 e. The van der Waals surface area contributed by atoms with Crippen LogP contribution in [-0.2, 0) is 13.5 Å². The summed E-state index contributed by atoms with van der Waals surface area (Å²) in [4.78, 5) is 0. The molecule has 114 valence electrons. The molecule has 0 fully saturated rings. The van der Waals surface area contributed by atoms with Crippen molar-refractivity contribution >= 4 is 0 Å². The van der Waals surface area contributed by atoms with Gasteiger partial charge in [0, 0.05) is 30.8 Å². The third kappa shape index (κ3) is 3.85. The van der Waals surface area contributed by atoms with E-state index in [0.29, 0.717) is 0 Å². The van der Waals surface area contributed by atoms with Crippen LogP contribution in [0.3, 0.4) is 0 Å². The van der Waals surface area contributed by atoms with Crippen LogP contribution in [-0.4, -0.2) is 23.4 Å². The highest BCUT2D eigenvalue weighted by Crippen LogP contribution is 2.27. The van der Waals surface area contributed by atoms with Crippen molar-refractivity contribution in [3.63, 3.8) is 0 Å². The number of methoxy groups -OCH3 is 1. The van der Waals surface area contributed by atoms with Gasteiger partial charge in [-0.2, -0.15) is 5.10 Å². The van der Waals surface area contributed by atoms with Gasteiger partial charge in [-0.1, -0.05) is 25.1 Å². The smallest absolute Gasteiger partial charge is 0.123 e. The molecule has 21 heavy (non-hydrogen) atoms. The summed E-state index contributed by atoms with van der Waals surface area (Å²) in [6, 6.07) is 10.6. The fourth-order valence-corrected chi connectivity index (χ4v) is 2.63. The first kappa shape index (κ1) is 15.6. The number of para-hydroxylation sites is 1. The van der Waals surface area contributed by atoms with E-state index in [1.807, 2.05) is 30.8 Å². The Kier molecular flexibility index (Phi) is 5.39. The number of rotatable bonds is 7. The Morgan fingerprint density at radius 2 is 2.10 bits per heavy atom. The number of aromatic nitrogens is 2. The molecule has 4 heteroatoms. The van der Waals surface area contributed by atoms with Crippen molar-refractivity contribution in [1.82, 2.24) is 15.1 Å². The Hall–Kier alpha value is -1.81. The van der Waals surface area contributed by atoms with Crippen molar-refractivity contribution in [2.24, 2.45) is 7.05 Å². The summed E-state index contributed by atoms with van der Waals surface area (Å²) in [7, 11) is 3.73. The van der Waals surface area contributed by atoms with Crippen molar-refractivity contribution in [3.8, 4) is 5.75 Å². The van der Waals surface area contributed by atoms with Gasteiger partial charge in [0.25, 0.3) is 0 Å². The lowest BCUT2D eigenvalue weighted by molar-refractivity contribution is 0.397. The third-order valence-electron chi connectivity index (χ3n) is 3.67. The van der Waals surface area contributed by atoms with E-state index in [9.17, 15) is 0 Å². The average Bonchev–Trinajstić information content (AvgIpc) is 2.81. The molecule has 0 saturated heterocycles. The molecular weight excluding hydrogens is 262 g/mol. The van der Waals surface area contributed by atoms with Crippen LogP contribution in [0.4, 0.5) is 0 Å². The summed E-state index contributed by atoms with van der Waals surface area (Å²) >= 11 is 0. The fraction of sp³-hybridized carbons (Fsp3) is 0.471. The van der Waals surface area contributed by atoms with Gasteiger partial charge in [0.1, 0.15) is 5.75 Å². The second-order valence-corrected chi connectivity index (χ2v) is 5.35. The van der Waals surface area contributed by atoms with Gasteiger partial charge in [0.15, 0.2) is 0 Å². The lowest BCUT2D eigenvalue weighted by atomic mass is 10.0. The predicted molar refractivity (Wildman–Crippen MR) is 85.7 cm³/mol. The van der Waals surface area contributed by atoms with E-state index in [1.54, 1.807) is 7.11 Å². The molecule has 1 unspecified atom stereocenters. The second kappa shape index (κ2) is 7.27. The molecule has 2 rings (SSSR count). The number of benzene rings is 1. The van der Waals surface area contributed by atoms with E-state index in [2.05, 4.69) is 35.5 Å². The number of hydrogen-bond acceptors (Lipinski definition) is 3. The molecule has 4 nitrogen and oxygen atoms in total. The number of nitrogens with one attached hydrogen (secondary N) is 1. The van der Waals surface area contributed by atoms with Crippen LogP contribution in [0.15, 0.2) is 30.3 Å². The topological polar surface area (TPSA) is 39.1 Å². The molecule has 0 aliphatic heterocycles. The van der Waals surface area contributed by atoms with Gasteiger partial charge in [-0.15, -0.1) is 0 Å². The molecule has 1 aromatic heterocycles. The fourth-order valence-electron chi connectivity index (χ4n) is 2.63. The molecule has 0 radical (unpaired) electrons. The van der Waals surface area contributed by atoms with E-state index in [0.717, 1.165) is 30.8 Å². The number of nitrogens with zero attached hydrogens (tertiary/aromatic N) is 2. The summed E-state index contributed by atoms with van der Waals surface area (Å²) in [5.41, 5.74) is 3.49. The summed E-state index contributed by atoms with van der Waals surface area (Å²) in [6.45, 7) is 5.20. The van der Waals surface area contributed by atoms with E-state index < -0.39 is 0 Å². The standard InChI is InChI=1S/C17H25N3O/c1-5-10-18-16(12-14-11-13(2)19-20(14)3)15-8-6-7-9-17(15)21-4/h6-9,11,16,18H,5,10,12H2,1-4H3. The van der Waals surface area contributed by atoms with Crippen molar-refractivity contribution in [2.45, 2.75) is 32.7 Å². The Labute approximate surface area is 127 Å². The van der Waals surface area contributed by atoms with Crippen LogP contribution in [0.1, 0.15) is 36.3 Å². The van der Waals surface area contributed by atoms with Crippen molar-refractivity contribution in [1.29, 1.82) is 0 Å². The van der Waals surface area contributed by atoms with Gasteiger partial charge >= 0.3 is 0 Å². The molecule has 0 saturated carbocycles. The van der Waals surface area contributed by atoms with Gasteiger partial charge in [0.2, 0.25) is 0 Å². The van der Waals surface area contributed by atoms with Crippen LogP contribution >= 0.6 is 0 Å². The van der Waals surface area contributed by atoms with E-state index in [4.69, 9.17) is 4.74 Å². The lowest BCUT2D eigenvalue weighted by Gasteiger charge is -2.21. The average molecular weight is 287 g/mol. The molecule has 0 bridgehead atoms. The lowest BCUT2D eigenvalue weighted by Crippen LogP contribution is -2.25. The highest BCUT2D eigenvalue weighted by Gasteiger charge is 2.17. The second-order valence-electron chi connectivity index (χ2n) is 5.35. The zero-order valence-corrected chi connectivity index (χ0v) is 13.4. The monoisotopic (exact) mass is 287 g/mol. The molecule has 0 aliphatic rings. The first-order chi connectivity index (χ1) is 10.2. The molecule has 2 aromatic rings. The Morgan fingerprint density at radius 1 is 1.33 bits per heavy atom. The van der Waals surface area contributed by atoms with Crippen molar-refractivity contribution in [2.75, 3.05) is 13.7 Å². The first-order valence-corrected chi connectivity index (χ1v) is 7.51. The van der Waals surface area contributed by atoms with Crippen molar-refractivity contribution < 1.29 is 4.74 Å². The SMILES string of the molecule is CCCNC(Cc1cc(C)nn1C)c1ccccc1OC. The minimum Gasteiger partial charge on any atom is -0.496 e. The van der Waals surface area contributed by atoms with E-state index in [-0.39, 0.29) is 6.04 Å². The molecule has 0 aliphatic carbocycles. The zero-order valence-electron chi connectivity index (χ0n) is 13.4. The predicted octanol–water partition coefficient (Wildman–Crippen LogP) is 3.02. The Morgan fingerprint density at radius 3 is 2.71 bits per heavy atom. The number of hydrogen-bond donors (Lipinski definition) is 1. The molecule has 1 N–H and O–H groups in total. The summed E-state index contributed by atoms with van der Waals surface area (Å²) in [5, 5.41) is 8.06. The van der Waals surface area contributed by atoms with Crippen LogP contribution in [0, 0.1) is 6.92 Å². The molecule has 1 heterocycles. The Bertz CT molecular complexity index is 577. The maximum atomic E-state index is 5.52. The van der Waals surface area contributed by atoms with Gasteiger partial charge in [-0.05, 0) is 32.0 Å². The molecule has 1 aromatic carbocycles. The van der Waals surface area contributed by atoms with Gasteiger partial charge in [0.05, 0.1) is 12.8 Å². The van der Waals surface area contributed by atoms with Crippen LogP contribution in [0.2, 0.25) is 0 Å². The largest absolute Gasteiger partial charge is 0.496 e. The van der Waals surface area contributed by atoms with Crippen LogP contribution in [0.25, 0.3) is 0 Å². The van der Waals surface area contributed by atoms with E-state index in [1.165, 1.54) is 11.3 Å². The minimum absolute atomic E-state index is 0.232. The highest BCUT2D eigenvalue weighted by atomic mass is 16.5. The quantitative estimate of drug-likeness (QED) is 0.851. The third-order valence-corrected chi connectivity index (χ3v) is 3.67. The van der Waals surface area contributed by atoms with Crippen LogP contribution in [0.5, 0.6) is 5.75 Å². The summed E-state index contributed by atoms with van der Waals surface area (Å²) < 4.78 is 7.48. The molecular formula is C17H25N3O. The molecule has 0 amide bonds. The maximum absolute atomic E-state index is 5.52. The van der Waals surface area contributed by atoms with Gasteiger partial charge in [-0.25, -0.2) is 0 Å². The van der Waals surface area contributed by atoms with Gasteiger partial charge in [-0.3, -0.25) is 4.68 Å². The number of ether oxygens (including phenoxy) is 1. The highest BCUT2D eigenvalue weighted by molar-refractivity contribution is 5.36. The summed E-state index contributed by atoms with van der Waals surface area (Å²) in [6.07, 6.45) is 2.01. The van der Waals surface area contributed by atoms with Gasteiger partial charge < -0.3 is 10.1 Å². The minimum atomic E-state index is 0.232.